The topological polar surface area (TPSA) is 37.0 Å². The fraction of sp³-hybridized carbons (Fsp3) is 0.222. The smallest absolute Gasteiger partial charge is 0.144 e. The molecule has 1 rings (SSSR count). The summed E-state index contributed by atoms with van der Waals surface area (Å²) in [6, 6.07) is 4.00. The first-order valence-corrected chi connectivity index (χ1v) is 3.94. The largest absolute Gasteiger partial charge is 0.308 e. The summed E-state index contributed by atoms with van der Waals surface area (Å²) in [5.74, 6) is 0.814. The van der Waals surface area contributed by atoms with E-state index in [9.17, 15) is 0 Å². The van der Waals surface area contributed by atoms with Crippen LogP contribution in [0.25, 0.3) is 0 Å². The summed E-state index contributed by atoms with van der Waals surface area (Å²) in [7, 11) is 0. The van der Waals surface area contributed by atoms with Gasteiger partial charge in [0.2, 0.25) is 0 Å². The van der Waals surface area contributed by atoms with E-state index in [0.717, 1.165) is 12.2 Å². The van der Waals surface area contributed by atoms with Crippen LogP contribution < -0.4 is 10.9 Å². The number of pyridine rings is 1. The molecule has 12 heavy (non-hydrogen) atoms. The molecule has 0 spiro atoms. The highest BCUT2D eigenvalue weighted by Crippen LogP contribution is 2.05. The molecule has 1 aromatic heterocycles. The Morgan fingerprint density at radius 2 is 2.50 bits per heavy atom. The molecule has 0 saturated heterocycles. The number of hydrogen-bond acceptors (Lipinski definition) is 3. The highest BCUT2D eigenvalue weighted by molar-refractivity contribution is 5.36. The minimum Gasteiger partial charge on any atom is -0.308 e. The number of hydrazine groups is 1. The Labute approximate surface area is 72.5 Å². The molecule has 3 heteroatoms. The van der Waals surface area contributed by atoms with Crippen molar-refractivity contribution >= 4 is 5.82 Å². The third kappa shape index (κ3) is 2.27. The predicted octanol–water partition coefficient (Wildman–Crippen LogP) is 1.70. The molecule has 0 bridgehead atoms. The molecule has 0 aliphatic carbocycles. The van der Waals surface area contributed by atoms with Gasteiger partial charge in [0, 0.05) is 12.4 Å². The van der Waals surface area contributed by atoms with Crippen LogP contribution in [0.2, 0.25) is 0 Å². The monoisotopic (exact) mass is 163 g/mol. The number of aryl methyl sites for hydroxylation is 1. The Balaban J connectivity index is 2.65. The Bertz CT molecular complexity index is 258. The Morgan fingerprint density at radius 3 is 3.17 bits per heavy atom. The van der Waals surface area contributed by atoms with Gasteiger partial charge >= 0.3 is 0 Å². The molecule has 3 nitrogen and oxygen atoms in total. The first-order valence-electron chi connectivity index (χ1n) is 3.94. The Morgan fingerprint density at radius 1 is 1.67 bits per heavy atom. The van der Waals surface area contributed by atoms with Crippen molar-refractivity contribution in [2.24, 2.45) is 0 Å². The Kier molecular flexibility index (Phi) is 3.14. The molecule has 0 amide bonds. The fourth-order valence-electron chi connectivity index (χ4n) is 0.888. The van der Waals surface area contributed by atoms with Crippen molar-refractivity contribution in [2.45, 2.75) is 13.3 Å². The van der Waals surface area contributed by atoms with Gasteiger partial charge in [0.1, 0.15) is 5.82 Å². The highest BCUT2D eigenvalue weighted by Gasteiger charge is 1.92. The third-order valence-corrected chi connectivity index (χ3v) is 1.53. The van der Waals surface area contributed by atoms with E-state index in [0.29, 0.717) is 0 Å². The number of rotatable bonds is 4. The molecule has 0 fully saturated rings. The lowest BCUT2D eigenvalue weighted by Gasteiger charge is -2.04. The maximum Gasteiger partial charge on any atom is 0.144 e. The van der Waals surface area contributed by atoms with E-state index in [1.54, 1.807) is 12.4 Å². The normalized spacial score (nSPS) is 9.08. The molecule has 0 saturated carbocycles. The second kappa shape index (κ2) is 4.38. The van der Waals surface area contributed by atoms with Crippen LogP contribution >= 0.6 is 0 Å². The first-order chi connectivity index (χ1) is 5.86. The van der Waals surface area contributed by atoms with Gasteiger partial charge in [-0.05, 0) is 24.1 Å². The summed E-state index contributed by atoms with van der Waals surface area (Å²) < 4.78 is 0. The zero-order valence-corrected chi connectivity index (χ0v) is 7.17. The number of anilines is 1. The van der Waals surface area contributed by atoms with Crippen LogP contribution in [0.1, 0.15) is 12.5 Å². The van der Waals surface area contributed by atoms with E-state index in [-0.39, 0.29) is 0 Å². The molecule has 0 aromatic carbocycles. The van der Waals surface area contributed by atoms with Crippen molar-refractivity contribution in [1.82, 2.24) is 10.4 Å². The summed E-state index contributed by atoms with van der Waals surface area (Å²) in [4.78, 5) is 4.10. The predicted molar refractivity (Wildman–Crippen MR) is 50.6 cm³/mol. The second-order valence-electron chi connectivity index (χ2n) is 2.38. The lowest BCUT2D eigenvalue weighted by Crippen LogP contribution is -2.14. The van der Waals surface area contributed by atoms with Gasteiger partial charge in [-0.25, -0.2) is 4.98 Å². The van der Waals surface area contributed by atoms with E-state index in [4.69, 9.17) is 0 Å². The van der Waals surface area contributed by atoms with Crippen LogP contribution in [-0.2, 0) is 6.42 Å². The van der Waals surface area contributed by atoms with Gasteiger partial charge in [0.15, 0.2) is 0 Å². The van der Waals surface area contributed by atoms with Crippen molar-refractivity contribution in [1.29, 1.82) is 0 Å². The third-order valence-electron chi connectivity index (χ3n) is 1.53. The molecular weight excluding hydrogens is 150 g/mol. The summed E-state index contributed by atoms with van der Waals surface area (Å²) in [5, 5.41) is 0. The summed E-state index contributed by atoms with van der Waals surface area (Å²) in [5.41, 5.74) is 6.92. The van der Waals surface area contributed by atoms with Crippen LogP contribution in [0.3, 0.4) is 0 Å². The van der Waals surface area contributed by atoms with Gasteiger partial charge in [-0.1, -0.05) is 13.5 Å². The first kappa shape index (κ1) is 8.59. The lowest BCUT2D eigenvalue weighted by molar-refractivity contribution is 1.02. The maximum absolute atomic E-state index is 4.10. The molecule has 0 aliphatic rings. The molecule has 0 unspecified atom stereocenters. The van der Waals surface area contributed by atoms with Crippen molar-refractivity contribution < 1.29 is 0 Å². The molecule has 2 N–H and O–H groups in total. The van der Waals surface area contributed by atoms with Gasteiger partial charge < -0.3 is 5.43 Å². The quantitative estimate of drug-likeness (QED) is 0.663. The van der Waals surface area contributed by atoms with Gasteiger partial charge in [0.05, 0.1) is 0 Å². The molecule has 0 atom stereocenters. The van der Waals surface area contributed by atoms with Crippen molar-refractivity contribution in [2.75, 3.05) is 5.43 Å². The second-order valence-corrected chi connectivity index (χ2v) is 2.38. The summed E-state index contributed by atoms with van der Waals surface area (Å²) in [6.45, 7) is 5.63. The van der Waals surface area contributed by atoms with E-state index < -0.39 is 0 Å². The van der Waals surface area contributed by atoms with Gasteiger partial charge in [-0.3, -0.25) is 5.43 Å². The van der Waals surface area contributed by atoms with Crippen LogP contribution in [0, 0.1) is 0 Å². The summed E-state index contributed by atoms with van der Waals surface area (Å²) in [6.07, 6.45) is 4.37. The standard InChI is InChI=1S/C9H13N3/c1-3-8-5-6-10-9(7-8)12-11-4-2/h4-7,11H,2-3H2,1H3,(H,10,12). The molecule has 0 aliphatic heterocycles. The Hall–Kier alpha value is -1.51. The van der Waals surface area contributed by atoms with Gasteiger partial charge in [-0.15, -0.1) is 0 Å². The molecule has 1 heterocycles. The van der Waals surface area contributed by atoms with Crippen molar-refractivity contribution in [3.63, 3.8) is 0 Å². The zero-order chi connectivity index (χ0) is 8.81. The number of hydrogen-bond donors (Lipinski definition) is 2. The minimum absolute atomic E-state index is 0.814. The van der Waals surface area contributed by atoms with E-state index >= 15 is 0 Å². The van der Waals surface area contributed by atoms with E-state index in [2.05, 4.69) is 29.3 Å². The molecular formula is C9H13N3. The number of aromatic nitrogens is 1. The van der Waals surface area contributed by atoms with Crippen molar-refractivity contribution in [3.05, 3.63) is 36.7 Å². The average molecular weight is 163 g/mol. The van der Waals surface area contributed by atoms with Gasteiger partial charge in [0.25, 0.3) is 0 Å². The number of nitrogens with one attached hydrogen (secondary N) is 2. The van der Waals surface area contributed by atoms with Crippen LogP contribution in [0.5, 0.6) is 0 Å². The molecule has 1 aromatic rings. The van der Waals surface area contributed by atoms with Crippen LogP contribution in [0.4, 0.5) is 5.82 Å². The fourth-order valence-corrected chi connectivity index (χ4v) is 0.888. The molecule has 0 radical (unpaired) electrons. The number of nitrogens with zero attached hydrogens (tertiary/aromatic N) is 1. The average Bonchev–Trinajstić information content (AvgIpc) is 2.15. The van der Waals surface area contributed by atoms with Crippen LogP contribution in [-0.4, -0.2) is 4.98 Å². The summed E-state index contributed by atoms with van der Waals surface area (Å²) >= 11 is 0. The molecule has 64 valence electrons. The lowest BCUT2D eigenvalue weighted by atomic mass is 10.2. The van der Waals surface area contributed by atoms with E-state index in [1.807, 2.05) is 12.1 Å². The zero-order valence-electron chi connectivity index (χ0n) is 7.17. The maximum atomic E-state index is 4.10. The minimum atomic E-state index is 0.814. The van der Waals surface area contributed by atoms with E-state index in [1.165, 1.54) is 5.56 Å². The van der Waals surface area contributed by atoms with Crippen molar-refractivity contribution in [3.8, 4) is 0 Å². The van der Waals surface area contributed by atoms with Crippen LogP contribution in [0.15, 0.2) is 31.1 Å². The van der Waals surface area contributed by atoms with Gasteiger partial charge in [-0.2, -0.15) is 0 Å². The SMILES string of the molecule is C=CNNc1cc(CC)ccn1. The highest BCUT2D eigenvalue weighted by atomic mass is 15.4.